The zero-order valence-electron chi connectivity index (χ0n) is 16.9. The van der Waals surface area contributed by atoms with Gasteiger partial charge >= 0.3 is 0 Å². The molecule has 1 N–H and O–H groups in total. The number of aryl methyl sites for hydroxylation is 1. The molecule has 156 valence electrons. The summed E-state index contributed by atoms with van der Waals surface area (Å²) < 4.78 is 3.50. The van der Waals surface area contributed by atoms with E-state index in [-0.39, 0.29) is 24.1 Å². The first kappa shape index (κ1) is 19.2. The number of hydrogen-bond donors (Lipinski definition) is 1. The lowest BCUT2D eigenvalue weighted by Gasteiger charge is -2.17. The molecule has 0 bridgehead atoms. The summed E-state index contributed by atoms with van der Waals surface area (Å²) in [6.45, 7) is 0.684. The second-order valence-electron chi connectivity index (χ2n) is 7.74. The fraction of sp³-hybridized carbons (Fsp3) is 0.261. The van der Waals surface area contributed by atoms with Crippen molar-refractivity contribution in [1.29, 1.82) is 0 Å². The van der Waals surface area contributed by atoms with E-state index in [0.29, 0.717) is 10.9 Å². The summed E-state index contributed by atoms with van der Waals surface area (Å²) in [5.41, 5.74) is 1.46. The number of aromatic nitrogens is 5. The first-order valence-electron chi connectivity index (χ1n) is 10.4. The van der Waals surface area contributed by atoms with Crippen molar-refractivity contribution in [3.8, 4) is 11.4 Å². The molecule has 3 heterocycles. The molecule has 0 aliphatic carbocycles. The van der Waals surface area contributed by atoms with Crippen molar-refractivity contribution in [3.05, 3.63) is 77.1 Å². The van der Waals surface area contributed by atoms with Crippen LogP contribution in [-0.4, -0.2) is 36.3 Å². The maximum Gasteiger partial charge on any atom is 0.261 e. The molecule has 0 saturated heterocycles. The Labute approximate surface area is 178 Å². The zero-order valence-corrected chi connectivity index (χ0v) is 16.9. The summed E-state index contributed by atoms with van der Waals surface area (Å²) in [6.07, 6.45) is 3.73. The number of fused-ring (bicyclic) bond motifs is 2. The Hall–Kier alpha value is -3.81. The van der Waals surface area contributed by atoms with Crippen LogP contribution in [0.5, 0.6) is 0 Å². The van der Waals surface area contributed by atoms with Crippen LogP contribution in [0.1, 0.15) is 18.7 Å². The molecule has 2 aromatic heterocycles. The van der Waals surface area contributed by atoms with Crippen molar-refractivity contribution in [2.45, 2.75) is 38.4 Å². The molecule has 1 atom stereocenters. The Balaban J connectivity index is 1.26. The van der Waals surface area contributed by atoms with Crippen LogP contribution in [0, 0.1) is 0 Å². The normalized spacial score (nSPS) is 15.9. The van der Waals surface area contributed by atoms with Gasteiger partial charge in [-0.3, -0.25) is 14.2 Å². The van der Waals surface area contributed by atoms with Gasteiger partial charge in [0.1, 0.15) is 12.4 Å². The lowest BCUT2D eigenvalue weighted by Crippen LogP contribution is -2.39. The second kappa shape index (κ2) is 8.14. The molecule has 1 aliphatic heterocycles. The molecule has 1 amide bonds. The van der Waals surface area contributed by atoms with Crippen molar-refractivity contribution in [1.82, 2.24) is 29.6 Å². The third-order valence-electron chi connectivity index (χ3n) is 5.69. The van der Waals surface area contributed by atoms with Crippen LogP contribution < -0.4 is 10.9 Å². The summed E-state index contributed by atoms with van der Waals surface area (Å²) in [7, 11) is 0. The predicted octanol–water partition coefficient (Wildman–Crippen LogP) is 2.18. The van der Waals surface area contributed by atoms with Gasteiger partial charge in [-0.05, 0) is 25.0 Å². The molecule has 1 aliphatic rings. The average molecular weight is 414 g/mol. The minimum atomic E-state index is -0.208. The molecule has 0 radical (unpaired) electrons. The van der Waals surface area contributed by atoms with Gasteiger partial charge in [0.15, 0.2) is 5.82 Å². The van der Waals surface area contributed by atoms with E-state index in [2.05, 4.69) is 25.1 Å². The lowest BCUT2D eigenvalue weighted by atomic mass is 10.1. The maximum absolute atomic E-state index is 12.6. The molecule has 8 heteroatoms. The minimum absolute atomic E-state index is 0.0157. The Morgan fingerprint density at radius 1 is 1.03 bits per heavy atom. The monoisotopic (exact) mass is 414 g/mol. The largest absolute Gasteiger partial charge is 0.352 e. The smallest absolute Gasteiger partial charge is 0.261 e. The van der Waals surface area contributed by atoms with Crippen LogP contribution in [0.3, 0.4) is 0 Å². The van der Waals surface area contributed by atoms with Gasteiger partial charge in [0.2, 0.25) is 5.91 Å². The minimum Gasteiger partial charge on any atom is -0.352 e. The highest BCUT2D eigenvalue weighted by Crippen LogP contribution is 2.22. The third-order valence-corrected chi connectivity index (χ3v) is 5.69. The van der Waals surface area contributed by atoms with Crippen LogP contribution in [0.15, 0.2) is 65.7 Å². The van der Waals surface area contributed by atoms with E-state index in [4.69, 9.17) is 0 Å². The van der Waals surface area contributed by atoms with Gasteiger partial charge in [0.05, 0.1) is 17.2 Å². The Bertz CT molecular complexity index is 1290. The van der Waals surface area contributed by atoms with Crippen molar-refractivity contribution in [2.24, 2.45) is 0 Å². The number of nitrogens with zero attached hydrogens (tertiary/aromatic N) is 5. The van der Waals surface area contributed by atoms with Gasteiger partial charge in [0, 0.05) is 24.6 Å². The topological polar surface area (TPSA) is 94.7 Å². The zero-order chi connectivity index (χ0) is 21.2. The number of benzene rings is 2. The molecular formula is C23H22N6O2. The van der Waals surface area contributed by atoms with E-state index in [0.717, 1.165) is 43.0 Å². The standard InChI is InChI=1S/C23H22N6O2/c30-21(14-28-15-24-19-9-5-4-8-18(19)23(28)31)25-17-10-11-20-26-27-22(29(20)13-12-17)16-6-2-1-3-7-16/h1-9,15,17H,10-14H2,(H,25,30). The third kappa shape index (κ3) is 3.84. The summed E-state index contributed by atoms with van der Waals surface area (Å²) in [4.78, 5) is 29.5. The van der Waals surface area contributed by atoms with E-state index in [1.54, 1.807) is 18.2 Å². The highest BCUT2D eigenvalue weighted by atomic mass is 16.2. The number of rotatable bonds is 4. The average Bonchev–Trinajstić information content (AvgIpc) is 3.11. The van der Waals surface area contributed by atoms with Crippen molar-refractivity contribution >= 4 is 16.8 Å². The van der Waals surface area contributed by atoms with Gasteiger partial charge in [-0.15, -0.1) is 10.2 Å². The van der Waals surface area contributed by atoms with Crippen LogP contribution >= 0.6 is 0 Å². The maximum atomic E-state index is 12.6. The Kier molecular flexibility index (Phi) is 5.03. The molecular weight excluding hydrogens is 392 g/mol. The van der Waals surface area contributed by atoms with Gasteiger partial charge in [0.25, 0.3) is 5.56 Å². The van der Waals surface area contributed by atoms with Gasteiger partial charge in [-0.2, -0.15) is 0 Å². The molecule has 31 heavy (non-hydrogen) atoms. The fourth-order valence-electron chi connectivity index (χ4n) is 4.08. The van der Waals surface area contributed by atoms with E-state index < -0.39 is 0 Å². The summed E-state index contributed by atoms with van der Waals surface area (Å²) >= 11 is 0. The molecule has 0 fully saturated rings. The summed E-state index contributed by atoms with van der Waals surface area (Å²) in [5.74, 6) is 1.60. The molecule has 2 aromatic carbocycles. The van der Waals surface area contributed by atoms with Gasteiger partial charge in [-0.1, -0.05) is 42.5 Å². The molecule has 5 rings (SSSR count). The van der Waals surface area contributed by atoms with Crippen molar-refractivity contribution in [3.63, 3.8) is 0 Å². The van der Waals surface area contributed by atoms with Gasteiger partial charge < -0.3 is 9.88 Å². The number of carbonyl (C=O) groups is 1. The second-order valence-corrected chi connectivity index (χ2v) is 7.74. The number of carbonyl (C=O) groups excluding carboxylic acids is 1. The molecule has 0 saturated carbocycles. The predicted molar refractivity (Wildman–Crippen MR) is 116 cm³/mol. The van der Waals surface area contributed by atoms with E-state index >= 15 is 0 Å². The van der Waals surface area contributed by atoms with E-state index in [9.17, 15) is 9.59 Å². The number of hydrogen-bond acceptors (Lipinski definition) is 5. The highest BCUT2D eigenvalue weighted by molar-refractivity contribution is 5.79. The summed E-state index contributed by atoms with van der Waals surface area (Å²) in [5, 5.41) is 12.3. The number of para-hydroxylation sites is 1. The van der Waals surface area contributed by atoms with Crippen molar-refractivity contribution in [2.75, 3.05) is 0 Å². The summed E-state index contributed by atoms with van der Waals surface area (Å²) in [6, 6.07) is 17.2. The van der Waals surface area contributed by atoms with Crippen LogP contribution in [-0.2, 0) is 24.3 Å². The number of nitrogens with one attached hydrogen (secondary N) is 1. The molecule has 0 spiro atoms. The molecule has 1 unspecified atom stereocenters. The van der Waals surface area contributed by atoms with Crippen LogP contribution in [0.25, 0.3) is 22.3 Å². The lowest BCUT2D eigenvalue weighted by molar-refractivity contribution is -0.122. The van der Waals surface area contributed by atoms with Crippen LogP contribution in [0.4, 0.5) is 0 Å². The van der Waals surface area contributed by atoms with E-state index in [1.807, 2.05) is 36.4 Å². The van der Waals surface area contributed by atoms with Crippen molar-refractivity contribution < 1.29 is 4.79 Å². The molecule has 4 aromatic rings. The fourth-order valence-corrected chi connectivity index (χ4v) is 4.08. The first-order chi connectivity index (χ1) is 15.2. The highest BCUT2D eigenvalue weighted by Gasteiger charge is 2.22. The first-order valence-corrected chi connectivity index (χ1v) is 10.4. The Morgan fingerprint density at radius 3 is 2.71 bits per heavy atom. The quantitative estimate of drug-likeness (QED) is 0.552. The van der Waals surface area contributed by atoms with Gasteiger partial charge in [-0.25, -0.2) is 4.98 Å². The van der Waals surface area contributed by atoms with Crippen LogP contribution in [0.2, 0.25) is 0 Å². The number of amides is 1. The van der Waals surface area contributed by atoms with E-state index in [1.165, 1.54) is 10.9 Å². The Morgan fingerprint density at radius 2 is 1.84 bits per heavy atom. The molecule has 8 nitrogen and oxygen atoms in total. The SMILES string of the molecule is O=C(Cn1cnc2ccccc2c1=O)NC1CCc2nnc(-c3ccccc3)n2CC1.